The molecule has 0 bridgehead atoms. The van der Waals surface area contributed by atoms with Gasteiger partial charge in [-0.05, 0) is 0 Å². The summed E-state index contributed by atoms with van der Waals surface area (Å²) in [5.74, 6) is 0.468. The van der Waals surface area contributed by atoms with E-state index >= 15 is 0 Å². The fraction of sp³-hybridized carbons (Fsp3) is 0.636. The zero-order valence-corrected chi connectivity index (χ0v) is 10.3. The van der Waals surface area contributed by atoms with Crippen LogP contribution in [-0.4, -0.2) is 52.5 Å². The predicted octanol–water partition coefficient (Wildman–Crippen LogP) is 0.223. The van der Waals surface area contributed by atoms with E-state index in [9.17, 15) is 9.90 Å². The summed E-state index contributed by atoms with van der Waals surface area (Å²) >= 11 is 0. The van der Waals surface area contributed by atoms with Crippen LogP contribution in [0.5, 0.6) is 0 Å². The maximum absolute atomic E-state index is 11.8. The molecule has 0 aromatic carbocycles. The number of likely N-dealkylation sites (N-methyl/N-ethyl adjacent to an activating group) is 1. The summed E-state index contributed by atoms with van der Waals surface area (Å²) in [4.78, 5) is 13.1. The quantitative estimate of drug-likeness (QED) is 0.771. The molecular formula is C11H18N2O4. The van der Waals surface area contributed by atoms with Gasteiger partial charge in [0, 0.05) is 25.6 Å². The number of aromatic nitrogens is 1. The van der Waals surface area contributed by atoms with Crippen LogP contribution >= 0.6 is 0 Å². The van der Waals surface area contributed by atoms with E-state index in [1.807, 2.05) is 13.8 Å². The summed E-state index contributed by atoms with van der Waals surface area (Å²) in [5.41, 5.74) is 0.210. The van der Waals surface area contributed by atoms with E-state index < -0.39 is 6.10 Å². The van der Waals surface area contributed by atoms with Gasteiger partial charge in [-0.1, -0.05) is 19.0 Å². The molecule has 1 rings (SSSR count). The molecule has 0 unspecified atom stereocenters. The smallest absolute Gasteiger partial charge is 0.275 e. The molecular weight excluding hydrogens is 224 g/mol. The molecule has 0 aliphatic carbocycles. The van der Waals surface area contributed by atoms with Crippen molar-refractivity contribution >= 4 is 5.91 Å². The average molecular weight is 242 g/mol. The summed E-state index contributed by atoms with van der Waals surface area (Å²) in [5, 5.41) is 21.6. The van der Waals surface area contributed by atoms with E-state index in [0.29, 0.717) is 5.76 Å². The van der Waals surface area contributed by atoms with Gasteiger partial charge in [0.15, 0.2) is 5.69 Å². The first kappa shape index (κ1) is 13.7. The molecule has 0 radical (unpaired) electrons. The third-order valence-electron chi connectivity index (χ3n) is 2.36. The Hall–Kier alpha value is -1.40. The van der Waals surface area contributed by atoms with Crippen LogP contribution in [-0.2, 0) is 0 Å². The Morgan fingerprint density at radius 3 is 2.71 bits per heavy atom. The zero-order chi connectivity index (χ0) is 13.0. The van der Waals surface area contributed by atoms with Gasteiger partial charge in [-0.15, -0.1) is 0 Å². The van der Waals surface area contributed by atoms with Crippen molar-refractivity contribution in [1.82, 2.24) is 10.1 Å². The lowest BCUT2D eigenvalue weighted by molar-refractivity contribution is 0.0513. The SMILES string of the molecule is CC(C)c1cc(C(=O)N(C)C[C@H](O)CO)no1. The van der Waals surface area contributed by atoms with Crippen molar-refractivity contribution < 1.29 is 19.5 Å². The molecule has 96 valence electrons. The highest BCUT2D eigenvalue weighted by Gasteiger charge is 2.19. The van der Waals surface area contributed by atoms with Gasteiger partial charge in [0.05, 0.1) is 12.7 Å². The van der Waals surface area contributed by atoms with Crippen molar-refractivity contribution in [1.29, 1.82) is 0 Å². The molecule has 1 aromatic heterocycles. The largest absolute Gasteiger partial charge is 0.394 e. The minimum Gasteiger partial charge on any atom is -0.394 e. The van der Waals surface area contributed by atoms with Crippen LogP contribution < -0.4 is 0 Å². The molecule has 0 spiro atoms. The molecule has 0 aliphatic heterocycles. The Bertz CT molecular complexity index is 375. The zero-order valence-electron chi connectivity index (χ0n) is 10.3. The number of aliphatic hydroxyl groups is 2. The van der Waals surface area contributed by atoms with Crippen LogP contribution in [0.2, 0.25) is 0 Å². The number of carbonyl (C=O) groups excluding carboxylic acids is 1. The lowest BCUT2D eigenvalue weighted by Crippen LogP contribution is -2.36. The van der Waals surface area contributed by atoms with Gasteiger partial charge in [0.2, 0.25) is 0 Å². The second-order valence-electron chi connectivity index (χ2n) is 4.29. The average Bonchev–Trinajstić information content (AvgIpc) is 2.77. The van der Waals surface area contributed by atoms with Gasteiger partial charge in [0.1, 0.15) is 5.76 Å². The number of nitrogens with zero attached hydrogens (tertiary/aromatic N) is 2. The van der Waals surface area contributed by atoms with Gasteiger partial charge in [0.25, 0.3) is 5.91 Å². The second-order valence-corrected chi connectivity index (χ2v) is 4.29. The topological polar surface area (TPSA) is 86.8 Å². The van der Waals surface area contributed by atoms with Gasteiger partial charge >= 0.3 is 0 Å². The fourth-order valence-electron chi connectivity index (χ4n) is 1.31. The molecule has 17 heavy (non-hydrogen) atoms. The maximum atomic E-state index is 11.8. The Kier molecular flexibility index (Phi) is 4.65. The molecule has 1 aromatic rings. The first-order chi connectivity index (χ1) is 7.95. The van der Waals surface area contributed by atoms with Crippen LogP contribution in [0.15, 0.2) is 10.6 Å². The predicted molar refractivity (Wildman–Crippen MR) is 60.6 cm³/mol. The minimum absolute atomic E-state index is 0.0548. The summed E-state index contributed by atoms with van der Waals surface area (Å²) in [6.45, 7) is 3.55. The van der Waals surface area contributed by atoms with Gasteiger partial charge in [-0.25, -0.2) is 0 Å². The standard InChI is InChI=1S/C11H18N2O4/c1-7(2)10-4-9(12-17-10)11(16)13(3)5-8(15)6-14/h4,7-8,14-15H,5-6H2,1-3H3/t8-/m0/s1. The third kappa shape index (κ3) is 3.54. The molecule has 6 nitrogen and oxygen atoms in total. The summed E-state index contributed by atoms with van der Waals surface area (Å²) in [6.07, 6.45) is -0.944. The number of hydrogen-bond donors (Lipinski definition) is 2. The molecule has 0 saturated heterocycles. The van der Waals surface area contributed by atoms with Crippen molar-refractivity contribution in [2.45, 2.75) is 25.9 Å². The summed E-state index contributed by atoms with van der Waals surface area (Å²) < 4.78 is 5.02. The Balaban J connectivity index is 2.68. The molecule has 1 amide bonds. The molecule has 0 saturated carbocycles. The Morgan fingerprint density at radius 2 is 2.24 bits per heavy atom. The van der Waals surface area contributed by atoms with Gasteiger partial charge in [-0.3, -0.25) is 4.79 Å². The summed E-state index contributed by atoms with van der Waals surface area (Å²) in [6, 6.07) is 1.59. The highest BCUT2D eigenvalue weighted by atomic mass is 16.5. The van der Waals surface area contributed by atoms with Crippen LogP contribution in [0.1, 0.15) is 36.0 Å². The number of amides is 1. The number of hydrogen-bond acceptors (Lipinski definition) is 5. The highest BCUT2D eigenvalue weighted by molar-refractivity contribution is 5.92. The van der Waals surface area contributed by atoms with E-state index in [1.165, 1.54) is 11.9 Å². The third-order valence-corrected chi connectivity index (χ3v) is 2.36. The number of aliphatic hydroxyl groups excluding tert-OH is 2. The van der Waals surface area contributed by atoms with E-state index in [1.54, 1.807) is 6.07 Å². The van der Waals surface area contributed by atoms with Crippen LogP contribution in [0, 0.1) is 0 Å². The first-order valence-corrected chi connectivity index (χ1v) is 5.46. The lowest BCUT2D eigenvalue weighted by Gasteiger charge is -2.18. The van der Waals surface area contributed by atoms with E-state index in [4.69, 9.17) is 9.63 Å². The van der Waals surface area contributed by atoms with Crippen molar-refractivity contribution in [2.24, 2.45) is 0 Å². The van der Waals surface area contributed by atoms with Crippen LogP contribution in [0.25, 0.3) is 0 Å². The minimum atomic E-state index is -0.944. The van der Waals surface area contributed by atoms with Crippen LogP contribution in [0.3, 0.4) is 0 Å². The van der Waals surface area contributed by atoms with E-state index in [0.717, 1.165) is 0 Å². The van der Waals surface area contributed by atoms with E-state index in [2.05, 4.69) is 5.16 Å². The van der Waals surface area contributed by atoms with E-state index in [-0.39, 0.29) is 30.7 Å². The van der Waals surface area contributed by atoms with Crippen LogP contribution in [0.4, 0.5) is 0 Å². The monoisotopic (exact) mass is 242 g/mol. The molecule has 1 atom stereocenters. The normalized spacial score (nSPS) is 12.8. The summed E-state index contributed by atoms with van der Waals surface area (Å²) in [7, 11) is 1.53. The first-order valence-electron chi connectivity index (χ1n) is 5.46. The number of carbonyl (C=O) groups is 1. The molecule has 0 aliphatic rings. The van der Waals surface area contributed by atoms with Crippen molar-refractivity contribution in [3.63, 3.8) is 0 Å². The molecule has 6 heteroatoms. The fourth-order valence-corrected chi connectivity index (χ4v) is 1.31. The molecule has 0 fully saturated rings. The van der Waals surface area contributed by atoms with Crippen molar-refractivity contribution in [3.8, 4) is 0 Å². The number of rotatable bonds is 5. The molecule has 1 heterocycles. The molecule has 2 N–H and O–H groups in total. The Morgan fingerprint density at radius 1 is 1.59 bits per heavy atom. The maximum Gasteiger partial charge on any atom is 0.275 e. The van der Waals surface area contributed by atoms with Crippen molar-refractivity contribution in [3.05, 3.63) is 17.5 Å². The lowest BCUT2D eigenvalue weighted by atomic mass is 10.1. The Labute approximate surface area is 99.8 Å². The second kappa shape index (κ2) is 5.79. The van der Waals surface area contributed by atoms with Gasteiger partial charge in [-0.2, -0.15) is 0 Å². The van der Waals surface area contributed by atoms with Gasteiger partial charge < -0.3 is 19.6 Å². The highest BCUT2D eigenvalue weighted by Crippen LogP contribution is 2.15. The van der Waals surface area contributed by atoms with Crippen molar-refractivity contribution in [2.75, 3.05) is 20.2 Å².